The molecule has 0 aliphatic carbocycles. The molecule has 8 nitrogen and oxygen atoms in total. The monoisotopic (exact) mass is 512 g/mol. The first-order chi connectivity index (χ1) is 16.2. The molecule has 0 spiro atoms. The highest BCUT2D eigenvalue weighted by molar-refractivity contribution is 7.19. The van der Waals surface area contributed by atoms with Gasteiger partial charge in [0.2, 0.25) is 0 Å². The number of thiophene rings is 1. The minimum absolute atomic E-state index is 0.288. The summed E-state index contributed by atoms with van der Waals surface area (Å²) in [5.41, 5.74) is 1.68. The smallest absolute Gasteiger partial charge is 0.413 e. The number of ether oxygens (including phenoxy) is 1. The molecule has 3 heterocycles. The van der Waals surface area contributed by atoms with Gasteiger partial charge in [-0.1, -0.05) is 29.3 Å². The Morgan fingerprint density at radius 3 is 2.65 bits per heavy atom. The molecule has 0 saturated carbocycles. The summed E-state index contributed by atoms with van der Waals surface area (Å²) in [6.45, 7) is 5.32. The predicted molar refractivity (Wildman–Crippen MR) is 133 cm³/mol. The van der Waals surface area contributed by atoms with Gasteiger partial charge in [-0.05, 0) is 50.6 Å². The number of nitrogens with zero attached hydrogens (tertiary/aromatic N) is 4. The molecule has 0 saturated heterocycles. The van der Waals surface area contributed by atoms with Gasteiger partial charge in [0.1, 0.15) is 23.8 Å². The molecule has 4 aromatic rings. The molecular formula is C23H18Cl2N6O2S. The summed E-state index contributed by atoms with van der Waals surface area (Å²) in [5.74, 6) is 0.784. The topological polar surface area (TPSA) is 117 Å². The summed E-state index contributed by atoms with van der Waals surface area (Å²) in [4.78, 5) is 20.7. The maximum absolute atomic E-state index is 12.2. The van der Waals surface area contributed by atoms with Crippen LogP contribution in [0.4, 0.5) is 10.6 Å². The third-order valence-corrected chi connectivity index (χ3v) is 6.30. The minimum Gasteiger partial charge on any atom is -0.444 e. The zero-order chi connectivity index (χ0) is 24.5. The van der Waals surface area contributed by atoms with Crippen LogP contribution in [0.25, 0.3) is 32.3 Å². The van der Waals surface area contributed by atoms with E-state index in [0.29, 0.717) is 47.9 Å². The molecular weight excluding hydrogens is 495 g/mol. The van der Waals surface area contributed by atoms with Crippen molar-refractivity contribution in [2.24, 2.45) is 0 Å². The third kappa shape index (κ3) is 5.04. The SMILES string of the molecule is CC(C)(C)OC(=O)Nc1cc(-c2sc(-c3nnc[nH]3)c(-c3ccc(Cl)cc3Cl)c2C#N)ccn1. The van der Waals surface area contributed by atoms with Crippen molar-refractivity contribution in [1.29, 1.82) is 5.26 Å². The van der Waals surface area contributed by atoms with Crippen LogP contribution < -0.4 is 5.32 Å². The lowest BCUT2D eigenvalue weighted by atomic mass is 9.98. The lowest BCUT2D eigenvalue weighted by molar-refractivity contribution is 0.0635. The van der Waals surface area contributed by atoms with Crippen molar-refractivity contribution in [2.45, 2.75) is 26.4 Å². The van der Waals surface area contributed by atoms with Crippen molar-refractivity contribution in [2.75, 3.05) is 5.32 Å². The summed E-state index contributed by atoms with van der Waals surface area (Å²) in [6.07, 6.45) is 2.38. The first-order valence-electron chi connectivity index (χ1n) is 10.0. The highest BCUT2D eigenvalue weighted by atomic mass is 35.5. The summed E-state index contributed by atoms with van der Waals surface area (Å²) in [6, 6.07) is 10.8. The quantitative estimate of drug-likeness (QED) is 0.310. The second kappa shape index (κ2) is 9.43. The van der Waals surface area contributed by atoms with E-state index in [9.17, 15) is 10.1 Å². The fraction of sp³-hybridized carbons (Fsp3) is 0.174. The van der Waals surface area contributed by atoms with Crippen molar-refractivity contribution in [1.82, 2.24) is 20.2 Å². The number of pyridine rings is 1. The number of aromatic amines is 1. The van der Waals surface area contributed by atoms with Gasteiger partial charge in [0, 0.05) is 27.4 Å². The van der Waals surface area contributed by atoms with E-state index in [1.165, 1.54) is 17.7 Å². The Bertz CT molecular complexity index is 1400. The highest BCUT2D eigenvalue weighted by Gasteiger charge is 2.25. The van der Waals surface area contributed by atoms with Gasteiger partial charge in [0.15, 0.2) is 5.82 Å². The predicted octanol–water partition coefficient (Wildman–Crippen LogP) is 6.79. The fourth-order valence-electron chi connectivity index (χ4n) is 3.22. The Morgan fingerprint density at radius 1 is 1.21 bits per heavy atom. The van der Waals surface area contributed by atoms with E-state index in [2.05, 4.69) is 31.6 Å². The average Bonchev–Trinajstić information content (AvgIpc) is 3.40. The number of anilines is 1. The standard InChI is InChI=1S/C23H18Cl2N6O2S/c1-23(2,3)33-22(32)30-17-8-12(6-7-27-17)19-15(10-26)18(14-5-4-13(24)9-16(14)25)20(34-19)21-28-11-29-31-21/h4-9,11H,1-3H3,(H,27,30,32)(H,28,29,31). The molecule has 1 amide bonds. The van der Waals surface area contributed by atoms with Crippen molar-refractivity contribution in [3.05, 3.63) is 58.5 Å². The zero-order valence-corrected chi connectivity index (χ0v) is 20.6. The largest absolute Gasteiger partial charge is 0.444 e. The molecule has 0 fully saturated rings. The summed E-state index contributed by atoms with van der Waals surface area (Å²) >= 11 is 13.9. The van der Waals surface area contributed by atoms with Crippen molar-refractivity contribution in [3.63, 3.8) is 0 Å². The number of hydrogen-bond acceptors (Lipinski definition) is 7. The van der Waals surface area contributed by atoms with E-state index in [1.807, 2.05) is 0 Å². The Hall–Kier alpha value is -3.45. The van der Waals surface area contributed by atoms with Crippen LogP contribution >= 0.6 is 34.5 Å². The van der Waals surface area contributed by atoms with E-state index in [1.54, 1.807) is 57.3 Å². The minimum atomic E-state index is -0.651. The number of nitriles is 1. The van der Waals surface area contributed by atoms with Crippen LogP contribution in [0.1, 0.15) is 26.3 Å². The number of halogens is 2. The lowest BCUT2D eigenvalue weighted by Crippen LogP contribution is -2.27. The van der Waals surface area contributed by atoms with Gasteiger partial charge in [0.25, 0.3) is 0 Å². The first-order valence-corrected chi connectivity index (χ1v) is 11.6. The van der Waals surface area contributed by atoms with Gasteiger partial charge >= 0.3 is 6.09 Å². The molecule has 0 unspecified atom stereocenters. The fourth-order valence-corrected chi connectivity index (χ4v) is 4.93. The van der Waals surface area contributed by atoms with E-state index in [-0.39, 0.29) is 5.82 Å². The number of carbonyl (C=O) groups is 1. The molecule has 1 aromatic carbocycles. The maximum Gasteiger partial charge on any atom is 0.413 e. The molecule has 0 radical (unpaired) electrons. The number of amides is 1. The van der Waals surface area contributed by atoms with E-state index in [0.717, 1.165) is 0 Å². The van der Waals surface area contributed by atoms with Gasteiger partial charge in [-0.3, -0.25) is 5.32 Å². The van der Waals surface area contributed by atoms with Crippen LogP contribution in [0.5, 0.6) is 0 Å². The molecule has 0 atom stereocenters. The van der Waals surface area contributed by atoms with Gasteiger partial charge < -0.3 is 9.72 Å². The molecule has 2 N–H and O–H groups in total. The van der Waals surface area contributed by atoms with Gasteiger partial charge in [0.05, 0.1) is 15.3 Å². The van der Waals surface area contributed by atoms with E-state index in [4.69, 9.17) is 27.9 Å². The van der Waals surface area contributed by atoms with E-state index >= 15 is 0 Å². The number of rotatable bonds is 4. The number of hydrogen-bond donors (Lipinski definition) is 2. The van der Waals surface area contributed by atoms with Crippen LogP contribution in [0.15, 0.2) is 42.9 Å². The van der Waals surface area contributed by atoms with Crippen molar-refractivity contribution in [3.8, 4) is 38.3 Å². The highest BCUT2D eigenvalue weighted by Crippen LogP contribution is 2.48. The molecule has 0 aliphatic heterocycles. The van der Waals surface area contributed by atoms with Crippen LogP contribution in [0.3, 0.4) is 0 Å². The molecule has 34 heavy (non-hydrogen) atoms. The summed E-state index contributed by atoms with van der Waals surface area (Å²) in [7, 11) is 0. The number of nitrogens with one attached hydrogen (secondary N) is 2. The molecule has 172 valence electrons. The summed E-state index contributed by atoms with van der Waals surface area (Å²) < 4.78 is 5.30. The molecule has 3 aromatic heterocycles. The average molecular weight is 513 g/mol. The Balaban J connectivity index is 1.84. The Labute approximate surface area is 209 Å². The Kier molecular flexibility index (Phi) is 6.57. The molecule has 0 aliphatic rings. The summed E-state index contributed by atoms with van der Waals surface area (Å²) in [5, 5.41) is 21.7. The molecule has 11 heteroatoms. The number of H-pyrrole nitrogens is 1. The maximum atomic E-state index is 12.2. The third-order valence-electron chi connectivity index (χ3n) is 4.50. The number of carbonyl (C=O) groups excluding carboxylic acids is 1. The first kappa shape index (κ1) is 23.7. The normalized spacial score (nSPS) is 11.2. The van der Waals surface area contributed by atoms with Crippen LogP contribution in [-0.2, 0) is 4.74 Å². The van der Waals surface area contributed by atoms with Crippen LogP contribution in [0, 0.1) is 11.3 Å². The zero-order valence-electron chi connectivity index (χ0n) is 18.3. The Morgan fingerprint density at radius 2 is 2.00 bits per heavy atom. The second-order valence-corrected chi connectivity index (χ2v) is 10.0. The lowest BCUT2D eigenvalue weighted by Gasteiger charge is -2.19. The second-order valence-electron chi connectivity index (χ2n) is 8.14. The van der Waals surface area contributed by atoms with Crippen LogP contribution in [0.2, 0.25) is 10.0 Å². The van der Waals surface area contributed by atoms with Gasteiger partial charge in [-0.15, -0.1) is 21.5 Å². The number of benzene rings is 1. The molecule has 0 bridgehead atoms. The van der Waals surface area contributed by atoms with Gasteiger partial charge in [-0.2, -0.15) is 5.26 Å². The molecule has 4 rings (SSSR count). The van der Waals surface area contributed by atoms with E-state index < -0.39 is 11.7 Å². The van der Waals surface area contributed by atoms with Crippen LogP contribution in [-0.4, -0.2) is 31.9 Å². The van der Waals surface area contributed by atoms with Crippen molar-refractivity contribution >= 4 is 46.4 Å². The van der Waals surface area contributed by atoms with Crippen molar-refractivity contribution < 1.29 is 9.53 Å². The van der Waals surface area contributed by atoms with Gasteiger partial charge in [-0.25, -0.2) is 9.78 Å². The number of aromatic nitrogens is 4.